The molecule has 0 heterocycles. The Morgan fingerprint density at radius 2 is 1.94 bits per heavy atom. The van der Waals surface area contributed by atoms with Crippen LogP contribution in [0.15, 0.2) is 53.0 Å². The van der Waals surface area contributed by atoms with Gasteiger partial charge < -0.3 is 9.84 Å². The number of halogens is 2. The molecule has 1 N–H and O–H groups in total. The molecule has 2 aromatic carbocycles. The van der Waals surface area contributed by atoms with E-state index in [0.29, 0.717) is 5.75 Å². The maximum absolute atomic E-state index is 12.9. The first-order valence-corrected chi connectivity index (χ1v) is 6.26. The summed E-state index contributed by atoms with van der Waals surface area (Å²) in [6.45, 7) is 0.0832. The van der Waals surface area contributed by atoms with Crippen molar-refractivity contribution in [2.75, 3.05) is 6.61 Å². The summed E-state index contributed by atoms with van der Waals surface area (Å²) >= 11 is 3.33. The largest absolute Gasteiger partial charge is 0.490 e. The van der Waals surface area contributed by atoms with Crippen LogP contribution in [0.2, 0.25) is 0 Å². The smallest absolute Gasteiger partial charge is 0.126 e. The van der Waals surface area contributed by atoms with Crippen LogP contribution in [-0.4, -0.2) is 11.7 Å². The number of aliphatic hydroxyl groups excluding tert-OH is 1. The number of hydrogen-bond acceptors (Lipinski definition) is 2. The lowest BCUT2D eigenvalue weighted by Gasteiger charge is -2.13. The van der Waals surface area contributed by atoms with Crippen LogP contribution in [-0.2, 0) is 0 Å². The molecular weight excluding hydrogens is 299 g/mol. The fraction of sp³-hybridized carbons (Fsp3) is 0.143. The van der Waals surface area contributed by atoms with Crippen molar-refractivity contribution in [2.45, 2.75) is 6.10 Å². The van der Waals surface area contributed by atoms with E-state index in [2.05, 4.69) is 15.9 Å². The molecule has 2 aromatic rings. The van der Waals surface area contributed by atoms with Gasteiger partial charge in [-0.15, -0.1) is 0 Å². The average Bonchev–Trinajstić information content (AvgIpc) is 2.36. The highest BCUT2D eigenvalue weighted by Gasteiger charge is 2.08. The van der Waals surface area contributed by atoms with Crippen molar-refractivity contribution in [3.63, 3.8) is 0 Å². The maximum Gasteiger partial charge on any atom is 0.126 e. The molecule has 94 valence electrons. The summed E-state index contributed by atoms with van der Waals surface area (Å²) in [7, 11) is 0. The van der Waals surface area contributed by atoms with Gasteiger partial charge in [0, 0.05) is 10.5 Å². The summed E-state index contributed by atoms with van der Waals surface area (Å²) in [4.78, 5) is 0. The lowest BCUT2D eigenvalue weighted by molar-refractivity contribution is 0.108. The fourth-order valence-electron chi connectivity index (χ4n) is 1.54. The molecule has 0 spiro atoms. The third-order valence-corrected chi connectivity index (χ3v) is 2.93. The lowest BCUT2D eigenvalue weighted by atomic mass is 10.1. The predicted octanol–water partition coefficient (Wildman–Crippen LogP) is 3.70. The number of aliphatic hydroxyl groups is 1. The Kier molecular flexibility index (Phi) is 4.33. The van der Waals surface area contributed by atoms with Gasteiger partial charge in [-0.25, -0.2) is 4.39 Å². The van der Waals surface area contributed by atoms with E-state index in [1.165, 1.54) is 12.1 Å². The molecule has 0 amide bonds. The van der Waals surface area contributed by atoms with E-state index in [4.69, 9.17) is 4.74 Å². The fourth-order valence-corrected chi connectivity index (χ4v) is 1.96. The van der Waals surface area contributed by atoms with Gasteiger partial charge in [0.05, 0.1) is 0 Å². The molecule has 18 heavy (non-hydrogen) atoms. The Hall–Kier alpha value is -1.39. The Bertz CT molecular complexity index is 531. The molecule has 1 unspecified atom stereocenters. The molecular formula is C14H12BrFO2. The summed E-state index contributed by atoms with van der Waals surface area (Å²) in [5.41, 5.74) is 0.751. The zero-order chi connectivity index (χ0) is 13.0. The summed E-state index contributed by atoms with van der Waals surface area (Å²) in [6.07, 6.45) is -0.745. The number of benzene rings is 2. The lowest BCUT2D eigenvalue weighted by Crippen LogP contribution is -2.09. The molecule has 0 aliphatic rings. The SMILES string of the molecule is OC(COc1cccc(F)c1)c1cccc(Br)c1. The van der Waals surface area contributed by atoms with Crippen molar-refractivity contribution >= 4 is 15.9 Å². The van der Waals surface area contributed by atoms with Crippen LogP contribution in [0.25, 0.3) is 0 Å². The minimum Gasteiger partial charge on any atom is -0.490 e. The zero-order valence-electron chi connectivity index (χ0n) is 9.51. The third kappa shape index (κ3) is 3.55. The van der Waals surface area contributed by atoms with Gasteiger partial charge in [0.1, 0.15) is 24.3 Å². The van der Waals surface area contributed by atoms with Crippen LogP contribution in [0, 0.1) is 5.82 Å². The van der Waals surface area contributed by atoms with Crippen molar-refractivity contribution in [2.24, 2.45) is 0 Å². The summed E-state index contributed by atoms with van der Waals surface area (Å²) in [5.74, 6) is 0.0495. The minimum absolute atomic E-state index is 0.0832. The highest BCUT2D eigenvalue weighted by Crippen LogP contribution is 2.20. The summed E-state index contributed by atoms with van der Waals surface area (Å²) in [6, 6.07) is 13.2. The maximum atomic E-state index is 12.9. The average molecular weight is 311 g/mol. The van der Waals surface area contributed by atoms with Crippen molar-refractivity contribution in [3.8, 4) is 5.75 Å². The predicted molar refractivity (Wildman–Crippen MR) is 71.0 cm³/mol. The van der Waals surface area contributed by atoms with E-state index >= 15 is 0 Å². The number of ether oxygens (including phenoxy) is 1. The molecule has 2 nitrogen and oxygen atoms in total. The number of rotatable bonds is 4. The van der Waals surface area contributed by atoms with Crippen molar-refractivity contribution < 1.29 is 14.2 Å². The standard InChI is InChI=1S/C14H12BrFO2/c15-11-4-1-3-10(7-11)14(17)9-18-13-6-2-5-12(16)8-13/h1-8,14,17H,9H2. The van der Waals surface area contributed by atoms with Gasteiger partial charge in [-0.3, -0.25) is 0 Å². The summed E-state index contributed by atoms with van der Waals surface area (Å²) < 4.78 is 19.1. The molecule has 0 radical (unpaired) electrons. The molecule has 0 saturated heterocycles. The molecule has 0 bridgehead atoms. The van der Waals surface area contributed by atoms with E-state index in [0.717, 1.165) is 10.0 Å². The number of hydrogen-bond donors (Lipinski definition) is 1. The minimum atomic E-state index is -0.745. The molecule has 0 aromatic heterocycles. The van der Waals surface area contributed by atoms with Gasteiger partial charge in [0.15, 0.2) is 0 Å². The second kappa shape index (κ2) is 5.98. The van der Waals surface area contributed by atoms with Crippen LogP contribution in [0.5, 0.6) is 5.75 Å². The van der Waals surface area contributed by atoms with E-state index in [1.54, 1.807) is 12.1 Å². The summed E-state index contributed by atoms with van der Waals surface area (Å²) in [5, 5.41) is 9.94. The molecule has 0 fully saturated rings. The molecule has 4 heteroatoms. The third-order valence-electron chi connectivity index (χ3n) is 2.44. The highest BCUT2D eigenvalue weighted by atomic mass is 79.9. The Labute approximate surface area is 113 Å². The van der Waals surface area contributed by atoms with E-state index < -0.39 is 6.10 Å². The van der Waals surface area contributed by atoms with E-state index in [1.807, 2.05) is 24.3 Å². The molecule has 0 aliphatic heterocycles. The first kappa shape index (κ1) is 13.1. The van der Waals surface area contributed by atoms with Gasteiger partial charge in [0.2, 0.25) is 0 Å². The van der Waals surface area contributed by atoms with Crippen LogP contribution in [0.4, 0.5) is 4.39 Å². The first-order chi connectivity index (χ1) is 8.65. The van der Waals surface area contributed by atoms with Gasteiger partial charge in [-0.1, -0.05) is 34.1 Å². The van der Waals surface area contributed by atoms with Gasteiger partial charge >= 0.3 is 0 Å². The van der Waals surface area contributed by atoms with Gasteiger partial charge in [0.25, 0.3) is 0 Å². The van der Waals surface area contributed by atoms with Gasteiger partial charge in [-0.2, -0.15) is 0 Å². The molecule has 0 aliphatic carbocycles. The second-order valence-electron chi connectivity index (χ2n) is 3.84. The van der Waals surface area contributed by atoms with Crippen molar-refractivity contribution in [1.82, 2.24) is 0 Å². The molecule has 0 saturated carbocycles. The highest BCUT2D eigenvalue weighted by molar-refractivity contribution is 9.10. The Balaban J connectivity index is 1.98. The second-order valence-corrected chi connectivity index (χ2v) is 4.75. The van der Waals surface area contributed by atoms with Crippen LogP contribution in [0.3, 0.4) is 0 Å². The van der Waals surface area contributed by atoms with Crippen molar-refractivity contribution in [3.05, 3.63) is 64.4 Å². The zero-order valence-corrected chi connectivity index (χ0v) is 11.1. The van der Waals surface area contributed by atoms with E-state index in [9.17, 15) is 9.50 Å². The molecule has 2 rings (SSSR count). The van der Waals surface area contributed by atoms with Crippen LogP contribution < -0.4 is 4.74 Å². The topological polar surface area (TPSA) is 29.5 Å². The quantitative estimate of drug-likeness (QED) is 0.933. The van der Waals surface area contributed by atoms with Gasteiger partial charge in [-0.05, 0) is 29.8 Å². The Morgan fingerprint density at radius 1 is 1.17 bits per heavy atom. The van der Waals surface area contributed by atoms with Crippen molar-refractivity contribution in [1.29, 1.82) is 0 Å². The Morgan fingerprint density at radius 3 is 2.67 bits per heavy atom. The first-order valence-electron chi connectivity index (χ1n) is 5.47. The monoisotopic (exact) mass is 310 g/mol. The van der Waals surface area contributed by atoms with Crippen LogP contribution >= 0.6 is 15.9 Å². The molecule has 1 atom stereocenters. The van der Waals surface area contributed by atoms with E-state index in [-0.39, 0.29) is 12.4 Å². The van der Waals surface area contributed by atoms with Crippen LogP contribution in [0.1, 0.15) is 11.7 Å². The normalized spacial score (nSPS) is 12.2.